The molecule has 0 unspecified atom stereocenters. The summed E-state index contributed by atoms with van der Waals surface area (Å²) in [6, 6.07) is 3.06. The van der Waals surface area contributed by atoms with Crippen LogP contribution in [-0.4, -0.2) is 64.9 Å². The quantitative estimate of drug-likeness (QED) is 0.333. The lowest BCUT2D eigenvalue weighted by Crippen LogP contribution is -2.49. The number of thiazole rings is 1. The van der Waals surface area contributed by atoms with Crippen LogP contribution in [-0.2, 0) is 14.3 Å². The molecule has 1 aromatic heterocycles. The zero-order valence-corrected chi connectivity index (χ0v) is 22.6. The first-order valence-electron chi connectivity index (χ1n) is 11.7. The second-order valence-corrected chi connectivity index (χ2v) is 10.6. The van der Waals surface area contributed by atoms with Crippen LogP contribution in [0.5, 0.6) is 0 Å². The molecule has 2 aliphatic heterocycles. The third-order valence-electron chi connectivity index (χ3n) is 5.91. The minimum absolute atomic E-state index is 0.0693. The van der Waals surface area contributed by atoms with Crippen LogP contribution in [0.1, 0.15) is 30.0 Å². The number of carboxylic acids is 1. The Balaban J connectivity index is 1.78. The molecule has 0 aliphatic carbocycles. The number of piperidine rings is 1. The molecule has 0 saturated carbocycles. The van der Waals surface area contributed by atoms with Crippen LogP contribution in [0.25, 0.3) is 0 Å². The SMILES string of the molecule is CCOC(=O)C1=C(CN2C[C@@H](/C=C/C(=O)O)CC(F)(F)C2)NC(c2nccs2)=N[C@H]1c1ccc(F)cc1Br. The van der Waals surface area contributed by atoms with Crippen molar-refractivity contribution in [3.63, 3.8) is 0 Å². The van der Waals surface area contributed by atoms with Crippen LogP contribution in [0.15, 0.2) is 62.7 Å². The summed E-state index contributed by atoms with van der Waals surface area (Å²) in [5.74, 6) is -5.85. The Morgan fingerprint density at radius 2 is 2.18 bits per heavy atom. The molecule has 8 nitrogen and oxygen atoms in total. The topological polar surface area (TPSA) is 104 Å². The predicted molar refractivity (Wildman–Crippen MR) is 139 cm³/mol. The van der Waals surface area contributed by atoms with Gasteiger partial charge in [0.05, 0.1) is 18.7 Å². The maximum Gasteiger partial charge on any atom is 0.338 e. The largest absolute Gasteiger partial charge is 0.478 e. The fraction of sp³-hybridized carbons (Fsp3) is 0.360. The number of likely N-dealkylation sites (tertiary alicyclic amines) is 1. The lowest BCUT2D eigenvalue weighted by Gasteiger charge is -2.38. The normalized spacial score (nSPS) is 21.8. The summed E-state index contributed by atoms with van der Waals surface area (Å²) in [5.41, 5.74) is 0.878. The average molecular weight is 613 g/mol. The first kappa shape index (κ1) is 28.0. The molecule has 0 amide bonds. The highest BCUT2D eigenvalue weighted by atomic mass is 79.9. The van der Waals surface area contributed by atoms with Crippen molar-refractivity contribution in [1.82, 2.24) is 15.2 Å². The van der Waals surface area contributed by atoms with Gasteiger partial charge in [0.15, 0.2) is 10.8 Å². The third kappa shape index (κ3) is 6.69. The highest BCUT2D eigenvalue weighted by Crippen LogP contribution is 2.38. The minimum Gasteiger partial charge on any atom is -0.478 e. The fourth-order valence-electron chi connectivity index (χ4n) is 4.49. The molecule has 1 saturated heterocycles. The van der Waals surface area contributed by atoms with Crippen LogP contribution in [0.2, 0.25) is 0 Å². The van der Waals surface area contributed by atoms with Gasteiger partial charge in [0.1, 0.15) is 11.9 Å². The number of rotatable bonds is 8. The van der Waals surface area contributed by atoms with E-state index in [0.29, 0.717) is 26.6 Å². The molecular formula is C25H24BrF3N4O4S. The average Bonchev–Trinajstić information content (AvgIpc) is 3.37. The summed E-state index contributed by atoms with van der Waals surface area (Å²) in [5, 5.41) is 14.3. The van der Waals surface area contributed by atoms with Gasteiger partial charge in [0.25, 0.3) is 5.92 Å². The summed E-state index contributed by atoms with van der Waals surface area (Å²) in [6.07, 6.45) is 3.23. The molecule has 0 radical (unpaired) electrons. The van der Waals surface area contributed by atoms with E-state index in [1.165, 1.54) is 40.5 Å². The van der Waals surface area contributed by atoms with Crippen molar-refractivity contribution in [2.75, 3.05) is 26.2 Å². The Labute approximate surface area is 229 Å². The highest BCUT2D eigenvalue weighted by Gasteiger charge is 2.41. The number of carbonyl (C=O) groups is 2. The van der Waals surface area contributed by atoms with Crippen LogP contribution < -0.4 is 5.32 Å². The number of nitrogens with one attached hydrogen (secondary N) is 1. The molecule has 2 N–H and O–H groups in total. The standard InChI is InChI=1S/C25H24BrF3N4O4S/c1-2-37-24(36)20-18(12-33-11-14(3-6-19(34)35)10-25(28,29)13-33)31-22(23-30-7-8-38-23)32-21(20)16-5-4-15(27)9-17(16)26/h3-9,14,21H,2,10-13H2,1H3,(H,31,32)(H,34,35)/b6-3+/t14-,21-/m0/s1. The number of benzene rings is 1. The number of aromatic nitrogens is 1. The maximum absolute atomic E-state index is 14.7. The maximum atomic E-state index is 14.7. The highest BCUT2D eigenvalue weighted by molar-refractivity contribution is 9.10. The monoisotopic (exact) mass is 612 g/mol. The second-order valence-electron chi connectivity index (χ2n) is 8.81. The van der Waals surface area contributed by atoms with Gasteiger partial charge in [-0.25, -0.2) is 27.7 Å². The molecule has 202 valence electrons. The van der Waals surface area contributed by atoms with E-state index in [-0.39, 0.29) is 25.3 Å². The summed E-state index contributed by atoms with van der Waals surface area (Å²) >= 11 is 4.65. The molecule has 1 aromatic carbocycles. The Kier molecular flexibility index (Phi) is 8.68. The van der Waals surface area contributed by atoms with Gasteiger partial charge in [-0.05, 0) is 30.5 Å². The zero-order chi connectivity index (χ0) is 27.4. The van der Waals surface area contributed by atoms with Crippen molar-refractivity contribution in [3.8, 4) is 0 Å². The van der Waals surface area contributed by atoms with Gasteiger partial charge in [-0.3, -0.25) is 9.89 Å². The fourth-order valence-corrected chi connectivity index (χ4v) is 5.65. The first-order valence-corrected chi connectivity index (χ1v) is 13.3. The van der Waals surface area contributed by atoms with E-state index in [4.69, 9.17) is 14.8 Å². The van der Waals surface area contributed by atoms with Crippen molar-refractivity contribution in [2.45, 2.75) is 25.3 Å². The van der Waals surface area contributed by atoms with Crippen LogP contribution >= 0.6 is 27.3 Å². The number of alkyl halides is 2. The summed E-state index contributed by atoms with van der Waals surface area (Å²) < 4.78 is 48.9. The summed E-state index contributed by atoms with van der Waals surface area (Å²) in [4.78, 5) is 34.6. The predicted octanol–water partition coefficient (Wildman–Crippen LogP) is 4.55. The molecule has 2 aliphatic rings. The van der Waals surface area contributed by atoms with E-state index in [9.17, 15) is 22.8 Å². The number of amidine groups is 1. The minimum atomic E-state index is -3.07. The number of aliphatic imine (C=N–C) groups is 1. The molecular weight excluding hydrogens is 589 g/mol. The Bertz CT molecular complexity index is 1300. The van der Waals surface area contributed by atoms with E-state index < -0.39 is 48.6 Å². The molecule has 0 spiro atoms. The number of esters is 1. The van der Waals surface area contributed by atoms with Gasteiger partial charge < -0.3 is 15.2 Å². The first-order chi connectivity index (χ1) is 18.1. The van der Waals surface area contributed by atoms with E-state index >= 15 is 0 Å². The molecule has 2 aromatic rings. The molecule has 38 heavy (non-hydrogen) atoms. The van der Waals surface area contributed by atoms with E-state index in [0.717, 1.165) is 6.08 Å². The number of carboxylic acid groups (broad SMARTS) is 1. The number of aliphatic carboxylic acids is 1. The van der Waals surface area contributed by atoms with Gasteiger partial charge >= 0.3 is 11.9 Å². The molecule has 3 heterocycles. The van der Waals surface area contributed by atoms with Gasteiger partial charge in [0.2, 0.25) is 0 Å². The van der Waals surface area contributed by atoms with E-state index in [1.54, 1.807) is 18.5 Å². The molecule has 1 fully saturated rings. The number of halogens is 4. The number of ether oxygens (including phenoxy) is 1. The van der Waals surface area contributed by atoms with Gasteiger partial charge in [-0.2, -0.15) is 0 Å². The van der Waals surface area contributed by atoms with Crippen molar-refractivity contribution in [1.29, 1.82) is 0 Å². The smallest absolute Gasteiger partial charge is 0.338 e. The van der Waals surface area contributed by atoms with E-state index in [2.05, 4.69) is 26.2 Å². The van der Waals surface area contributed by atoms with Crippen molar-refractivity contribution in [2.24, 2.45) is 10.9 Å². The molecule has 0 bridgehead atoms. The molecule has 13 heteroatoms. The van der Waals surface area contributed by atoms with Crippen molar-refractivity contribution in [3.05, 3.63) is 74.1 Å². The van der Waals surface area contributed by atoms with Crippen LogP contribution in [0.4, 0.5) is 13.2 Å². The number of hydrogen-bond donors (Lipinski definition) is 2. The lowest BCUT2D eigenvalue weighted by molar-refractivity contribution is -0.139. The van der Waals surface area contributed by atoms with Gasteiger partial charge in [-0.1, -0.05) is 28.1 Å². The lowest BCUT2D eigenvalue weighted by atomic mass is 9.92. The summed E-state index contributed by atoms with van der Waals surface area (Å²) in [6.45, 7) is 1.18. The van der Waals surface area contributed by atoms with Crippen LogP contribution in [0, 0.1) is 11.7 Å². The zero-order valence-electron chi connectivity index (χ0n) is 20.2. The van der Waals surface area contributed by atoms with Gasteiger partial charge in [-0.15, -0.1) is 11.3 Å². The van der Waals surface area contributed by atoms with Crippen molar-refractivity contribution < 1.29 is 32.6 Å². The van der Waals surface area contributed by atoms with E-state index in [1.807, 2.05) is 0 Å². The van der Waals surface area contributed by atoms with Gasteiger partial charge in [0, 0.05) is 47.3 Å². The Hall–Kier alpha value is -3.03. The summed E-state index contributed by atoms with van der Waals surface area (Å²) in [7, 11) is 0. The van der Waals surface area contributed by atoms with Crippen LogP contribution in [0.3, 0.4) is 0 Å². The molecule has 2 atom stereocenters. The van der Waals surface area contributed by atoms with Crippen molar-refractivity contribution >= 4 is 45.0 Å². The second kappa shape index (κ2) is 11.8. The number of carbonyl (C=O) groups excluding carboxylic acids is 1. The Morgan fingerprint density at radius 3 is 2.84 bits per heavy atom. The third-order valence-corrected chi connectivity index (χ3v) is 7.38. The Morgan fingerprint density at radius 1 is 1.39 bits per heavy atom. The number of nitrogens with zero attached hydrogens (tertiary/aromatic N) is 3. The molecule has 4 rings (SSSR count). The number of hydrogen-bond acceptors (Lipinski definition) is 8.